The molecular formula is C30H31N6O8S+. The topological polar surface area (TPSA) is 166 Å². The van der Waals surface area contributed by atoms with Crippen LogP contribution in [0.3, 0.4) is 0 Å². The van der Waals surface area contributed by atoms with Crippen LogP contribution in [-0.2, 0) is 30.9 Å². The lowest BCUT2D eigenvalue weighted by molar-refractivity contribution is -0.627. The highest BCUT2D eigenvalue weighted by atomic mass is 32.1. The predicted molar refractivity (Wildman–Crippen MR) is 166 cm³/mol. The molecule has 0 spiro atoms. The lowest BCUT2D eigenvalue weighted by Gasteiger charge is -2.25. The summed E-state index contributed by atoms with van der Waals surface area (Å²) >= 11 is 1.23. The molecule has 0 aliphatic rings. The Kier molecular flexibility index (Phi) is 11.1. The number of aryl methyl sites for hydroxylation is 1. The number of thiazole rings is 1. The molecule has 0 atom stereocenters. The van der Waals surface area contributed by atoms with Crippen LogP contribution in [-0.4, -0.2) is 55.7 Å². The molecule has 1 N–H and O–H groups in total. The number of ether oxygens (including phenoxy) is 3. The van der Waals surface area contributed by atoms with Crippen LogP contribution in [0.25, 0.3) is 10.2 Å². The number of azo groups is 1. The van der Waals surface area contributed by atoms with Gasteiger partial charge in [0.25, 0.3) is 11.6 Å². The Morgan fingerprint density at radius 3 is 2.29 bits per heavy atom. The number of nitrogens with zero attached hydrogens (tertiary/aromatic N) is 5. The Morgan fingerprint density at radius 2 is 1.64 bits per heavy atom. The van der Waals surface area contributed by atoms with Crippen LogP contribution in [0.4, 0.5) is 27.9 Å². The van der Waals surface area contributed by atoms with E-state index < -0.39 is 22.8 Å². The largest absolute Gasteiger partial charge is 0.484 e. The fourth-order valence-corrected chi connectivity index (χ4v) is 5.16. The van der Waals surface area contributed by atoms with Crippen molar-refractivity contribution in [1.82, 2.24) is 0 Å². The summed E-state index contributed by atoms with van der Waals surface area (Å²) in [6.07, 6.45) is 0. The van der Waals surface area contributed by atoms with Gasteiger partial charge in [0.05, 0.1) is 40.6 Å². The van der Waals surface area contributed by atoms with Crippen molar-refractivity contribution >= 4 is 67.3 Å². The minimum Gasteiger partial charge on any atom is -0.484 e. The van der Waals surface area contributed by atoms with Gasteiger partial charge < -0.3 is 24.4 Å². The maximum absolute atomic E-state index is 13.0. The average Bonchev–Trinajstić information content (AvgIpc) is 3.33. The highest BCUT2D eigenvalue weighted by Gasteiger charge is 2.20. The van der Waals surface area contributed by atoms with Crippen molar-refractivity contribution in [3.05, 3.63) is 76.8 Å². The number of esters is 2. The Labute approximate surface area is 262 Å². The second-order valence-electron chi connectivity index (χ2n) is 9.57. The number of hydrogen-bond donors (Lipinski definition) is 1. The minimum absolute atomic E-state index is 0.0295. The fourth-order valence-electron chi connectivity index (χ4n) is 4.16. The lowest BCUT2D eigenvalue weighted by Crippen LogP contribution is -2.32. The Bertz CT molecular complexity index is 1710. The second-order valence-corrected chi connectivity index (χ2v) is 10.6. The molecule has 14 nitrogen and oxygen atoms in total. The van der Waals surface area contributed by atoms with Gasteiger partial charge in [-0.15, -0.1) is 0 Å². The first-order valence-electron chi connectivity index (χ1n) is 13.7. The normalized spacial score (nSPS) is 10.9. The van der Waals surface area contributed by atoms with E-state index in [2.05, 4.69) is 15.5 Å². The molecule has 4 aromatic rings. The molecule has 15 heteroatoms. The quantitative estimate of drug-likeness (QED) is 0.0660. The van der Waals surface area contributed by atoms with Crippen LogP contribution in [0.2, 0.25) is 0 Å². The van der Waals surface area contributed by atoms with Gasteiger partial charge in [-0.3, -0.25) is 24.5 Å². The van der Waals surface area contributed by atoms with Crippen LogP contribution >= 0.6 is 11.3 Å². The summed E-state index contributed by atoms with van der Waals surface area (Å²) < 4.78 is 18.2. The number of carbonyl (C=O) groups excluding carboxylic acids is 3. The van der Waals surface area contributed by atoms with Gasteiger partial charge in [0.2, 0.25) is 0 Å². The van der Waals surface area contributed by atoms with Gasteiger partial charge in [-0.25, -0.2) is 4.57 Å². The number of fused-ring (bicyclic) bond motifs is 1. The third kappa shape index (κ3) is 9.27. The Hall–Kier alpha value is -5.44. The summed E-state index contributed by atoms with van der Waals surface area (Å²) in [7, 11) is 1.77. The molecular weight excluding hydrogens is 604 g/mol. The maximum atomic E-state index is 13.0. The number of nitro benzene ring substituents is 1. The molecule has 0 saturated heterocycles. The maximum Gasteiger partial charge on any atom is 0.409 e. The number of nitrogens with one attached hydrogen (secondary N) is 1. The summed E-state index contributed by atoms with van der Waals surface area (Å²) in [5, 5.41) is 23.3. The molecule has 3 aromatic carbocycles. The molecule has 45 heavy (non-hydrogen) atoms. The Balaban J connectivity index is 1.64. The number of anilines is 2. The number of carbonyl (C=O) groups is 3. The van der Waals surface area contributed by atoms with E-state index in [1.165, 1.54) is 37.3 Å². The third-order valence-corrected chi connectivity index (χ3v) is 7.40. The summed E-state index contributed by atoms with van der Waals surface area (Å²) in [4.78, 5) is 48.2. The average molecular weight is 636 g/mol. The number of non-ortho nitro benzene ring substituents is 1. The van der Waals surface area contributed by atoms with Crippen molar-refractivity contribution in [2.24, 2.45) is 17.3 Å². The zero-order valence-electron chi connectivity index (χ0n) is 24.8. The smallest absolute Gasteiger partial charge is 0.409 e. The van der Waals surface area contributed by atoms with Crippen LogP contribution in [0.15, 0.2) is 77.0 Å². The van der Waals surface area contributed by atoms with E-state index >= 15 is 0 Å². The molecule has 0 saturated carbocycles. The van der Waals surface area contributed by atoms with Crippen LogP contribution in [0.1, 0.15) is 13.8 Å². The molecule has 4 rings (SSSR count). The number of para-hydroxylation sites is 1. The van der Waals surface area contributed by atoms with E-state index in [0.717, 1.165) is 5.52 Å². The van der Waals surface area contributed by atoms with E-state index in [1.807, 2.05) is 11.0 Å². The van der Waals surface area contributed by atoms with Gasteiger partial charge in [0.15, 0.2) is 6.61 Å². The molecule has 1 aromatic heterocycles. The van der Waals surface area contributed by atoms with Gasteiger partial charge >= 0.3 is 17.1 Å². The first-order valence-corrected chi connectivity index (χ1v) is 14.5. The number of rotatable bonds is 14. The number of amides is 1. The van der Waals surface area contributed by atoms with Crippen molar-refractivity contribution in [1.29, 1.82) is 0 Å². The van der Waals surface area contributed by atoms with Crippen LogP contribution in [0.5, 0.6) is 5.75 Å². The summed E-state index contributed by atoms with van der Waals surface area (Å²) in [6, 6.07) is 18.5. The lowest BCUT2D eigenvalue weighted by atomic mass is 10.2. The Morgan fingerprint density at radius 1 is 0.956 bits per heavy atom. The molecule has 0 aliphatic heterocycles. The number of hydrogen-bond acceptors (Lipinski definition) is 12. The zero-order chi connectivity index (χ0) is 32.3. The minimum atomic E-state index is -0.458. The van der Waals surface area contributed by atoms with Gasteiger partial charge in [0.1, 0.15) is 30.2 Å². The first-order chi connectivity index (χ1) is 21.6. The van der Waals surface area contributed by atoms with Crippen molar-refractivity contribution in [2.75, 3.05) is 43.1 Å². The molecule has 0 unspecified atom stereocenters. The van der Waals surface area contributed by atoms with E-state index in [9.17, 15) is 24.5 Å². The first kappa shape index (κ1) is 32.5. The van der Waals surface area contributed by atoms with Crippen LogP contribution < -0.4 is 19.5 Å². The third-order valence-electron chi connectivity index (χ3n) is 6.31. The van der Waals surface area contributed by atoms with E-state index in [1.54, 1.807) is 60.1 Å². The number of aromatic nitrogens is 1. The molecule has 234 valence electrons. The molecule has 1 heterocycles. The fraction of sp³-hybridized carbons (Fsp3) is 0.267. The molecule has 0 aliphatic carbocycles. The molecule has 1 amide bonds. The second kappa shape index (κ2) is 15.3. The predicted octanol–water partition coefficient (Wildman–Crippen LogP) is 5.00. The summed E-state index contributed by atoms with van der Waals surface area (Å²) in [5.74, 6) is -0.776. The summed E-state index contributed by atoms with van der Waals surface area (Å²) in [5.41, 5.74) is 2.00. The van der Waals surface area contributed by atoms with E-state index in [4.69, 9.17) is 14.2 Å². The number of benzene rings is 3. The van der Waals surface area contributed by atoms with E-state index in [0.29, 0.717) is 32.6 Å². The van der Waals surface area contributed by atoms with Crippen molar-refractivity contribution in [3.8, 4) is 5.75 Å². The molecule has 0 fully saturated rings. The molecule has 0 radical (unpaired) electrons. The monoisotopic (exact) mass is 635 g/mol. The summed E-state index contributed by atoms with van der Waals surface area (Å²) in [6.45, 7) is 3.11. The standard InChI is InChI=1S/C30H30N6O8S/c1-20(37)42-15-13-35(14-16-43-21(2)38)22-9-11-25(26(17-22)31-29(39)19-44-24-7-5-4-6-8-24)32-33-30-34(3)27-12-10-23(36(40)41)18-28(27)45-30/h4-12,17-18H,13-16,19H2,1-3H3/p+1. The highest BCUT2D eigenvalue weighted by Crippen LogP contribution is 2.34. The van der Waals surface area contributed by atoms with E-state index in [-0.39, 0.29) is 38.6 Å². The van der Waals surface area contributed by atoms with Crippen molar-refractivity contribution in [3.63, 3.8) is 0 Å². The van der Waals surface area contributed by atoms with Gasteiger partial charge in [0, 0.05) is 31.7 Å². The molecule has 0 bridgehead atoms. The SMILES string of the molecule is CC(=O)OCCN(CCOC(C)=O)c1ccc(N=Nc2sc3cc([N+](=O)[O-])ccc3[n+]2C)c(NC(=O)COc2ccccc2)c1. The van der Waals surface area contributed by atoms with Crippen molar-refractivity contribution in [2.45, 2.75) is 13.8 Å². The number of nitro groups is 1. The van der Waals surface area contributed by atoms with Gasteiger partial charge in [-0.1, -0.05) is 18.2 Å². The highest BCUT2D eigenvalue weighted by molar-refractivity contribution is 7.21. The van der Waals surface area contributed by atoms with Gasteiger partial charge in [-0.05, 0) is 52.8 Å². The van der Waals surface area contributed by atoms with Crippen molar-refractivity contribution < 1.29 is 38.1 Å². The van der Waals surface area contributed by atoms with Crippen LogP contribution in [0, 0.1) is 10.1 Å². The van der Waals surface area contributed by atoms with Gasteiger partial charge in [-0.2, -0.15) is 0 Å². The zero-order valence-corrected chi connectivity index (χ0v) is 25.6.